The van der Waals surface area contributed by atoms with Crippen molar-refractivity contribution in [2.45, 2.75) is 65.4 Å². The summed E-state index contributed by atoms with van der Waals surface area (Å²) in [4.78, 5) is 12.1. The van der Waals surface area contributed by atoms with Crippen LogP contribution in [0.4, 0.5) is 0 Å². The molecule has 0 aromatic heterocycles. The number of hydrogen-bond acceptors (Lipinski definition) is 3. The Morgan fingerprint density at radius 1 is 1.44 bits per heavy atom. The van der Waals surface area contributed by atoms with Gasteiger partial charge in [-0.25, -0.2) is 0 Å². The van der Waals surface area contributed by atoms with Crippen LogP contribution in [0.25, 0.3) is 0 Å². The summed E-state index contributed by atoms with van der Waals surface area (Å²) in [7, 11) is 0. The number of aliphatic hydroxyl groups is 1. The molecule has 1 fully saturated rings. The topological polar surface area (TPSA) is 46.5 Å². The molecule has 3 atom stereocenters. The Bertz CT molecular complexity index is 275. The molecule has 1 aliphatic rings. The Morgan fingerprint density at radius 2 is 2.11 bits per heavy atom. The van der Waals surface area contributed by atoms with E-state index in [0.717, 1.165) is 25.7 Å². The van der Waals surface area contributed by atoms with E-state index in [1.54, 1.807) is 0 Å². The van der Waals surface area contributed by atoms with Crippen molar-refractivity contribution in [3.63, 3.8) is 0 Å². The molecule has 1 N–H and O–H groups in total. The van der Waals surface area contributed by atoms with Crippen molar-refractivity contribution in [2.75, 3.05) is 6.61 Å². The quantitative estimate of drug-likeness (QED) is 0.769. The van der Waals surface area contributed by atoms with Crippen molar-refractivity contribution in [3.05, 3.63) is 0 Å². The molecule has 0 saturated heterocycles. The predicted molar refractivity (Wildman–Crippen MR) is 72.2 cm³/mol. The van der Waals surface area contributed by atoms with E-state index in [4.69, 9.17) is 4.74 Å². The highest BCUT2D eigenvalue weighted by Crippen LogP contribution is 2.42. The zero-order valence-electron chi connectivity index (χ0n) is 12.2. The first-order chi connectivity index (χ1) is 8.44. The van der Waals surface area contributed by atoms with Gasteiger partial charge in [0, 0.05) is 0 Å². The van der Waals surface area contributed by atoms with Crippen molar-refractivity contribution in [1.82, 2.24) is 0 Å². The van der Waals surface area contributed by atoms with Gasteiger partial charge in [-0.3, -0.25) is 4.79 Å². The average molecular weight is 256 g/mol. The molecule has 1 rings (SSSR count). The molecule has 0 bridgehead atoms. The molecule has 0 amide bonds. The fraction of sp³-hybridized carbons (Fsp3) is 0.933. The molecule has 0 heterocycles. The van der Waals surface area contributed by atoms with Crippen LogP contribution in [-0.4, -0.2) is 23.3 Å². The highest BCUT2D eigenvalue weighted by molar-refractivity contribution is 5.74. The minimum atomic E-state index is -0.862. The lowest BCUT2D eigenvalue weighted by atomic mass is 9.67. The zero-order valence-corrected chi connectivity index (χ0v) is 12.2. The van der Waals surface area contributed by atoms with E-state index >= 15 is 0 Å². The molecular weight excluding hydrogens is 228 g/mol. The van der Waals surface area contributed by atoms with Crippen molar-refractivity contribution in [2.24, 2.45) is 17.8 Å². The van der Waals surface area contributed by atoms with Gasteiger partial charge < -0.3 is 9.84 Å². The van der Waals surface area contributed by atoms with Crippen molar-refractivity contribution in [1.29, 1.82) is 0 Å². The number of hydrogen-bond donors (Lipinski definition) is 1. The van der Waals surface area contributed by atoms with E-state index in [1.165, 1.54) is 6.42 Å². The van der Waals surface area contributed by atoms with Crippen molar-refractivity contribution < 1.29 is 14.6 Å². The molecule has 0 aromatic carbocycles. The molecule has 106 valence electrons. The first-order valence-corrected chi connectivity index (χ1v) is 7.33. The number of carbonyl (C=O) groups excluding carboxylic acids is 1. The van der Waals surface area contributed by atoms with E-state index in [9.17, 15) is 9.90 Å². The molecule has 0 radical (unpaired) electrons. The molecular formula is C15H28O3. The molecule has 0 spiro atoms. The van der Waals surface area contributed by atoms with Crippen molar-refractivity contribution in [3.8, 4) is 0 Å². The molecule has 0 aromatic rings. The summed E-state index contributed by atoms with van der Waals surface area (Å²) in [5, 5.41) is 10.9. The summed E-state index contributed by atoms with van der Waals surface area (Å²) in [6.45, 7) is 8.35. The van der Waals surface area contributed by atoms with Crippen LogP contribution in [0, 0.1) is 17.8 Å². The third-order valence-corrected chi connectivity index (χ3v) is 4.23. The van der Waals surface area contributed by atoms with Crippen LogP contribution in [0.5, 0.6) is 0 Å². The summed E-state index contributed by atoms with van der Waals surface area (Å²) in [5.41, 5.74) is -0.862. The van der Waals surface area contributed by atoms with Crippen molar-refractivity contribution >= 4 is 5.97 Å². The Kier molecular flexibility index (Phi) is 5.64. The minimum Gasteiger partial charge on any atom is -0.466 e. The molecule has 0 aliphatic heterocycles. The van der Waals surface area contributed by atoms with Crippen LogP contribution in [0.2, 0.25) is 0 Å². The third kappa shape index (κ3) is 3.47. The van der Waals surface area contributed by atoms with E-state index in [-0.39, 0.29) is 17.8 Å². The van der Waals surface area contributed by atoms with E-state index in [1.807, 2.05) is 20.8 Å². The van der Waals surface area contributed by atoms with E-state index in [2.05, 4.69) is 6.92 Å². The predicted octanol–water partition coefficient (Wildman–Crippen LogP) is 3.15. The van der Waals surface area contributed by atoms with Crippen LogP contribution in [0.15, 0.2) is 0 Å². The fourth-order valence-electron chi connectivity index (χ4n) is 3.38. The monoisotopic (exact) mass is 256 g/mol. The van der Waals surface area contributed by atoms with Gasteiger partial charge in [-0.05, 0) is 31.6 Å². The third-order valence-electron chi connectivity index (χ3n) is 4.23. The lowest BCUT2D eigenvalue weighted by Gasteiger charge is -2.42. The number of esters is 1. The van der Waals surface area contributed by atoms with Crippen LogP contribution >= 0.6 is 0 Å². The highest BCUT2D eigenvalue weighted by atomic mass is 16.5. The van der Waals surface area contributed by atoms with Gasteiger partial charge in [-0.1, -0.05) is 40.0 Å². The van der Waals surface area contributed by atoms with Crippen LogP contribution in [0.3, 0.4) is 0 Å². The lowest BCUT2D eigenvalue weighted by Crippen LogP contribution is -2.49. The Balaban J connectivity index is 2.85. The summed E-state index contributed by atoms with van der Waals surface area (Å²) >= 11 is 0. The maximum Gasteiger partial charge on any atom is 0.312 e. The van der Waals surface area contributed by atoms with Crippen LogP contribution in [0.1, 0.15) is 59.8 Å². The smallest absolute Gasteiger partial charge is 0.312 e. The minimum absolute atomic E-state index is 0.115. The summed E-state index contributed by atoms with van der Waals surface area (Å²) in [5.74, 6) is 0.0441. The first-order valence-electron chi connectivity index (χ1n) is 7.33. The Labute approximate surface area is 111 Å². The zero-order chi connectivity index (χ0) is 13.8. The van der Waals surface area contributed by atoms with E-state index in [0.29, 0.717) is 12.5 Å². The summed E-state index contributed by atoms with van der Waals surface area (Å²) in [6, 6.07) is 0. The number of ether oxygens (including phenoxy) is 1. The van der Waals surface area contributed by atoms with Gasteiger partial charge >= 0.3 is 5.97 Å². The van der Waals surface area contributed by atoms with Gasteiger partial charge in [0.05, 0.1) is 18.1 Å². The van der Waals surface area contributed by atoms with E-state index < -0.39 is 5.60 Å². The van der Waals surface area contributed by atoms with Crippen LogP contribution < -0.4 is 0 Å². The second-order valence-electron chi connectivity index (χ2n) is 5.95. The van der Waals surface area contributed by atoms with Gasteiger partial charge in [-0.2, -0.15) is 0 Å². The average Bonchev–Trinajstić information content (AvgIpc) is 2.28. The van der Waals surface area contributed by atoms with Gasteiger partial charge in [0.1, 0.15) is 0 Å². The fourth-order valence-corrected chi connectivity index (χ4v) is 3.38. The SMILES string of the molecule is CCOC(=O)C(C(C)C)C1(O)CCCC(CC)C1. The van der Waals surface area contributed by atoms with Gasteiger partial charge in [0.25, 0.3) is 0 Å². The van der Waals surface area contributed by atoms with Gasteiger partial charge in [0.2, 0.25) is 0 Å². The summed E-state index contributed by atoms with van der Waals surface area (Å²) < 4.78 is 5.15. The molecule has 3 unspecified atom stereocenters. The summed E-state index contributed by atoms with van der Waals surface area (Å²) in [6.07, 6.45) is 4.73. The standard InChI is InChI=1S/C15H28O3/c1-5-12-8-7-9-15(17,10-12)13(11(3)4)14(16)18-6-2/h11-13,17H,5-10H2,1-4H3. The molecule has 3 nitrogen and oxygen atoms in total. The molecule has 1 saturated carbocycles. The Hall–Kier alpha value is -0.570. The van der Waals surface area contributed by atoms with Gasteiger partial charge in [-0.15, -0.1) is 0 Å². The largest absolute Gasteiger partial charge is 0.466 e. The molecule has 1 aliphatic carbocycles. The number of carbonyl (C=O) groups is 1. The second kappa shape index (κ2) is 6.55. The Morgan fingerprint density at radius 3 is 2.61 bits per heavy atom. The molecule has 18 heavy (non-hydrogen) atoms. The lowest BCUT2D eigenvalue weighted by molar-refractivity contribution is -0.166. The number of rotatable bonds is 5. The highest BCUT2D eigenvalue weighted by Gasteiger charge is 2.46. The van der Waals surface area contributed by atoms with Gasteiger partial charge in [0.15, 0.2) is 0 Å². The molecule has 3 heteroatoms. The first kappa shape index (κ1) is 15.5. The maximum atomic E-state index is 12.1. The second-order valence-corrected chi connectivity index (χ2v) is 5.95. The maximum absolute atomic E-state index is 12.1. The van der Waals surface area contributed by atoms with Crippen LogP contribution in [-0.2, 0) is 9.53 Å². The normalized spacial score (nSPS) is 30.2.